The van der Waals surface area contributed by atoms with E-state index >= 15 is 0 Å². The Labute approximate surface area is 191 Å². The molecule has 1 aromatic carbocycles. The number of carbonyl (C=O) groups excluding carboxylic acids is 2. The fourth-order valence-electron chi connectivity index (χ4n) is 4.18. The zero-order valence-electron chi connectivity index (χ0n) is 18.1. The Morgan fingerprint density at radius 1 is 0.969 bits per heavy atom. The van der Waals surface area contributed by atoms with Gasteiger partial charge in [0.25, 0.3) is 11.6 Å². The van der Waals surface area contributed by atoms with Crippen LogP contribution in [0.25, 0.3) is 0 Å². The summed E-state index contributed by atoms with van der Waals surface area (Å²) in [4.78, 5) is 44.9. The van der Waals surface area contributed by atoms with Crippen LogP contribution in [0.4, 0.5) is 16.4 Å². The fourth-order valence-corrected chi connectivity index (χ4v) is 5.12. The number of nitro groups is 1. The Hall–Kier alpha value is -2.82. The molecule has 2 aromatic rings. The van der Waals surface area contributed by atoms with Crippen molar-refractivity contribution in [2.75, 3.05) is 62.7 Å². The lowest BCUT2D eigenvalue weighted by molar-refractivity contribution is -0.384. The molecule has 0 bridgehead atoms. The summed E-state index contributed by atoms with van der Waals surface area (Å²) >= 11 is 1.46. The monoisotopic (exact) mass is 457 g/mol. The first-order valence-corrected chi connectivity index (χ1v) is 11.7. The molecular formula is C22H27N5O4S. The molecule has 1 saturated heterocycles. The van der Waals surface area contributed by atoms with Crippen LogP contribution < -0.4 is 9.80 Å². The van der Waals surface area contributed by atoms with Gasteiger partial charge in [-0.3, -0.25) is 24.6 Å². The molecule has 0 atom stereocenters. The Bertz CT molecular complexity index is 992. The predicted molar refractivity (Wildman–Crippen MR) is 125 cm³/mol. The van der Waals surface area contributed by atoms with Crippen LogP contribution in [-0.2, 0) is 4.79 Å². The van der Waals surface area contributed by atoms with Crippen LogP contribution in [0.1, 0.15) is 23.2 Å². The van der Waals surface area contributed by atoms with Crippen LogP contribution in [-0.4, -0.2) is 79.4 Å². The predicted octanol–water partition coefficient (Wildman–Crippen LogP) is 2.68. The first kappa shape index (κ1) is 22.4. The maximum Gasteiger partial charge on any atom is 0.269 e. The molecule has 10 heteroatoms. The van der Waals surface area contributed by atoms with Crippen molar-refractivity contribution in [3.63, 3.8) is 0 Å². The van der Waals surface area contributed by atoms with Crippen molar-refractivity contribution in [1.82, 2.24) is 9.80 Å². The zero-order valence-corrected chi connectivity index (χ0v) is 18.9. The van der Waals surface area contributed by atoms with Crippen LogP contribution >= 0.6 is 11.3 Å². The molecule has 1 aromatic heterocycles. The average Bonchev–Trinajstić information content (AvgIpc) is 3.06. The minimum Gasteiger partial charge on any atom is -0.305 e. The summed E-state index contributed by atoms with van der Waals surface area (Å²) in [6, 6.07) is 7.52. The largest absolute Gasteiger partial charge is 0.305 e. The van der Waals surface area contributed by atoms with Crippen LogP contribution in [0.5, 0.6) is 0 Å². The second-order valence-electron chi connectivity index (χ2n) is 8.20. The summed E-state index contributed by atoms with van der Waals surface area (Å²) in [6.07, 6.45) is 1.71. The van der Waals surface area contributed by atoms with Crippen molar-refractivity contribution in [3.05, 3.63) is 51.4 Å². The molecule has 2 aliphatic heterocycles. The number of thiophene rings is 1. The number of fused-ring (bicyclic) bond motifs is 1. The van der Waals surface area contributed by atoms with Crippen molar-refractivity contribution in [2.45, 2.75) is 12.8 Å². The van der Waals surface area contributed by atoms with Gasteiger partial charge in [0.15, 0.2) is 0 Å². The van der Waals surface area contributed by atoms with Gasteiger partial charge in [-0.25, -0.2) is 0 Å². The molecule has 32 heavy (non-hydrogen) atoms. The van der Waals surface area contributed by atoms with Crippen LogP contribution in [0.3, 0.4) is 0 Å². The fraction of sp³-hybridized carbons (Fsp3) is 0.455. The molecule has 3 heterocycles. The van der Waals surface area contributed by atoms with Gasteiger partial charge < -0.3 is 14.7 Å². The van der Waals surface area contributed by atoms with Gasteiger partial charge >= 0.3 is 0 Å². The number of benzene rings is 1. The van der Waals surface area contributed by atoms with Gasteiger partial charge in [-0.05, 0) is 56.6 Å². The number of hydrogen-bond acceptors (Lipinski definition) is 7. The lowest BCUT2D eigenvalue weighted by atomic mass is 10.1. The molecule has 0 saturated carbocycles. The van der Waals surface area contributed by atoms with E-state index in [0.717, 1.165) is 43.3 Å². The van der Waals surface area contributed by atoms with Crippen LogP contribution in [0.2, 0.25) is 0 Å². The topological polar surface area (TPSA) is 90.2 Å². The maximum absolute atomic E-state index is 13.2. The Morgan fingerprint density at radius 3 is 2.44 bits per heavy atom. The van der Waals surface area contributed by atoms with Crippen LogP contribution in [0.15, 0.2) is 35.7 Å². The molecule has 1 fully saturated rings. The summed E-state index contributed by atoms with van der Waals surface area (Å²) in [5, 5.41) is 13.6. The number of hydrogen-bond donors (Lipinski definition) is 0. The van der Waals surface area contributed by atoms with E-state index in [9.17, 15) is 19.7 Å². The van der Waals surface area contributed by atoms with E-state index in [1.54, 1.807) is 4.90 Å². The second-order valence-corrected chi connectivity index (χ2v) is 9.10. The molecule has 0 aliphatic carbocycles. The smallest absolute Gasteiger partial charge is 0.269 e. The summed E-state index contributed by atoms with van der Waals surface area (Å²) in [5.74, 6) is -0.160. The molecule has 2 aliphatic rings. The highest BCUT2D eigenvalue weighted by molar-refractivity contribution is 7.15. The standard InChI is InChI=1S/C22H27N5O4S/c1-23-9-2-10-24(14-13-23)16-20(28)26-12-3-11-25(19-8-15-32-22(19)26)21(29)17-4-6-18(7-5-17)27(30)31/h4-8,15H,2-3,9-14,16H2,1H3. The van der Waals surface area contributed by atoms with Crippen molar-refractivity contribution in [3.8, 4) is 0 Å². The van der Waals surface area contributed by atoms with Crippen molar-refractivity contribution in [2.24, 2.45) is 0 Å². The van der Waals surface area contributed by atoms with Crippen LogP contribution in [0, 0.1) is 10.1 Å². The third-order valence-corrected chi connectivity index (χ3v) is 6.89. The van der Waals surface area contributed by atoms with E-state index in [-0.39, 0.29) is 17.5 Å². The lowest BCUT2D eigenvalue weighted by Gasteiger charge is -2.26. The SMILES string of the molecule is CN1CCCN(CC(=O)N2CCCN(C(=O)c3ccc([N+](=O)[O-])cc3)c3ccsc32)CC1. The quantitative estimate of drug-likeness (QED) is 0.518. The summed E-state index contributed by atoms with van der Waals surface area (Å²) in [6.45, 7) is 5.20. The molecule has 0 radical (unpaired) electrons. The van der Waals surface area contributed by atoms with E-state index in [0.29, 0.717) is 31.6 Å². The summed E-state index contributed by atoms with van der Waals surface area (Å²) in [5.41, 5.74) is 1.06. The van der Waals surface area contributed by atoms with Gasteiger partial charge in [-0.15, -0.1) is 11.3 Å². The van der Waals surface area contributed by atoms with Crippen molar-refractivity contribution in [1.29, 1.82) is 0 Å². The Kier molecular flexibility index (Phi) is 6.83. The Morgan fingerprint density at radius 2 is 1.69 bits per heavy atom. The number of carbonyl (C=O) groups is 2. The molecule has 9 nitrogen and oxygen atoms in total. The zero-order chi connectivity index (χ0) is 22.7. The summed E-state index contributed by atoms with van der Waals surface area (Å²) in [7, 11) is 2.11. The highest BCUT2D eigenvalue weighted by Gasteiger charge is 2.30. The highest BCUT2D eigenvalue weighted by atomic mass is 32.1. The van der Waals surface area contributed by atoms with Gasteiger partial charge in [-0.2, -0.15) is 0 Å². The van der Waals surface area contributed by atoms with Gasteiger partial charge in [0.2, 0.25) is 5.91 Å². The van der Waals surface area contributed by atoms with Gasteiger partial charge in [0.05, 0.1) is 17.2 Å². The summed E-state index contributed by atoms with van der Waals surface area (Å²) < 4.78 is 0. The third kappa shape index (κ3) is 4.82. The molecule has 0 unspecified atom stereocenters. The molecule has 170 valence electrons. The van der Waals surface area contributed by atoms with E-state index in [1.807, 2.05) is 16.3 Å². The molecule has 0 spiro atoms. The molecular weight excluding hydrogens is 430 g/mol. The van der Waals surface area contributed by atoms with E-state index in [2.05, 4.69) is 16.8 Å². The molecule has 2 amide bonds. The number of likely N-dealkylation sites (N-methyl/N-ethyl adjacent to an activating group) is 1. The number of nitro benzene ring substituents is 1. The normalized spacial score (nSPS) is 18.0. The first-order valence-electron chi connectivity index (χ1n) is 10.8. The third-order valence-electron chi connectivity index (χ3n) is 5.97. The average molecular weight is 458 g/mol. The number of non-ortho nitro benzene ring substituents is 1. The van der Waals surface area contributed by atoms with Crippen molar-refractivity contribution >= 4 is 39.5 Å². The van der Waals surface area contributed by atoms with Crippen molar-refractivity contribution < 1.29 is 14.5 Å². The van der Waals surface area contributed by atoms with Gasteiger partial charge in [-0.1, -0.05) is 0 Å². The number of anilines is 2. The first-order chi connectivity index (χ1) is 15.4. The lowest BCUT2D eigenvalue weighted by Crippen LogP contribution is -2.41. The Balaban J connectivity index is 1.51. The maximum atomic E-state index is 13.2. The van der Waals surface area contributed by atoms with E-state index in [4.69, 9.17) is 0 Å². The van der Waals surface area contributed by atoms with E-state index in [1.165, 1.54) is 35.6 Å². The minimum absolute atomic E-state index is 0.0508. The molecule has 0 N–H and O–H groups in total. The number of rotatable bonds is 4. The van der Waals surface area contributed by atoms with E-state index < -0.39 is 4.92 Å². The molecule has 4 rings (SSSR count). The second kappa shape index (κ2) is 9.76. The minimum atomic E-state index is -0.483. The number of amides is 2. The highest BCUT2D eigenvalue weighted by Crippen LogP contribution is 2.38. The van der Waals surface area contributed by atoms with Gasteiger partial charge in [0, 0.05) is 43.9 Å². The number of nitrogens with zero attached hydrogens (tertiary/aromatic N) is 5. The van der Waals surface area contributed by atoms with Gasteiger partial charge in [0.1, 0.15) is 5.00 Å².